The average Bonchev–Trinajstić information content (AvgIpc) is 2.91. The zero-order valence-corrected chi connectivity index (χ0v) is 13.0. The van der Waals surface area contributed by atoms with E-state index < -0.39 is 10.0 Å². The third-order valence-electron chi connectivity index (χ3n) is 3.23. The molecule has 0 radical (unpaired) electrons. The fraction of sp³-hybridized carbons (Fsp3) is 0.357. The minimum atomic E-state index is -3.56. The molecule has 2 aromatic rings. The third-order valence-corrected chi connectivity index (χ3v) is 4.81. The van der Waals surface area contributed by atoms with Crippen LogP contribution in [0.2, 0.25) is 0 Å². The molecule has 1 aromatic heterocycles. The number of hydrogen-bond acceptors (Lipinski definition) is 4. The Morgan fingerprint density at radius 2 is 2.19 bits per heavy atom. The summed E-state index contributed by atoms with van der Waals surface area (Å²) in [5, 5.41) is 4.06. The molecule has 7 heteroatoms. The monoisotopic (exact) mass is 308 g/mol. The summed E-state index contributed by atoms with van der Waals surface area (Å²) in [5.41, 5.74) is 7.45. The Bertz CT molecular complexity index is 696. The van der Waals surface area contributed by atoms with Crippen LogP contribution in [0.15, 0.2) is 41.6 Å². The summed E-state index contributed by atoms with van der Waals surface area (Å²) in [7, 11) is -3.56. The molecule has 0 aliphatic heterocycles. The van der Waals surface area contributed by atoms with Crippen molar-refractivity contribution in [1.29, 1.82) is 0 Å². The fourth-order valence-corrected chi connectivity index (χ4v) is 3.38. The zero-order chi connectivity index (χ0) is 15.5. The average molecular weight is 308 g/mol. The lowest BCUT2D eigenvalue weighted by molar-refractivity contribution is 0.494. The summed E-state index contributed by atoms with van der Waals surface area (Å²) < 4.78 is 29.1. The number of benzene rings is 1. The number of nitrogens with two attached hydrogens (primary N) is 1. The Balaban J connectivity index is 2.14. The topological polar surface area (TPSA) is 90.0 Å². The first-order valence-electron chi connectivity index (χ1n) is 6.71. The third kappa shape index (κ3) is 3.90. The Labute approximate surface area is 125 Å². The van der Waals surface area contributed by atoms with Crippen molar-refractivity contribution < 1.29 is 8.42 Å². The number of sulfonamides is 1. The SMILES string of the molecule is Cc1ccc(S(=O)(=O)NC(C)Cn2cccn2)cc1CN. The summed E-state index contributed by atoms with van der Waals surface area (Å²) in [5.74, 6) is 0. The first-order valence-corrected chi connectivity index (χ1v) is 8.20. The van der Waals surface area contributed by atoms with E-state index in [1.54, 1.807) is 48.3 Å². The molecule has 114 valence electrons. The molecule has 0 saturated carbocycles. The summed E-state index contributed by atoms with van der Waals surface area (Å²) in [6.07, 6.45) is 3.46. The van der Waals surface area contributed by atoms with Crippen molar-refractivity contribution in [3.8, 4) is 0 Å². The summed E-state index contributed by atoms with van der Waals surface area (Å²) in [6, 6.07) is 6.52. The van der Waals surface area contributed by atoms with Crippen LogP contribution in [0.4, 0.5) is 0 Å². The molecule has 1 heterocycles. The van der Waals surface area contributed by atoms with E-state index in [0.29, 0.717) is 13.1 Å². The predicted molar refractivity (Wildman–Crippen MR) is 81.1 cm³/mol. The molecule has 0 saturated heterocycles. The van der Waals surface area contributed by atoms with Crippen molar-refractivity contribution in [2.24, 2.45) is 5.73 Å². The van der Waals surface area contributed by atoms with Crippen molar-refractivity contribution >= 4 is 10.0 Å². The van der Waals surface area contributed by atoms with Crippen LogP contribution < -0.4 is 10.5 Å². The van der Waals surface area contributed by atoms with Crippen LogP contribution in [0.3, 0.4) is 0 Å². The zero-order valence-electron chi connectivity index (χ0n) is 12.2. The van der Waals surface area contributed by atoms with Gasteiger partial charge < -0.3 is 5.73 Å². The van der Waals surface area contributed by atoms with E-state index >= 15 is 0 Å². The number of aromatic nitrogens is 2. The van der Waals surface area contributed by atoms with Crippen molar-refractivity contribution in [3.05, 3.63) is 47.8 Å². The highest BCUT2D eigenvalue weighted by molar-refractivity contribution is 7.89. The van der Waals surface area contributed by atoms with Gasteiger partial charge >= 0.3 is 0 Å². The minimum Gasteiger partial charge on any atom is -0.326 e. The molecule has 0 fully saturated rings. The van der Waals surface area contributed by atoms with Crippen LogP contribution in [0.5, 0.6) is 0 Å². The number of hydrogen-bond donors (Lipinski definition) is 2. The maximum Gasteiger partial charge on any atom is 0.240 e. The first kappa shape index (κ1) is 15.7. The smallest absolute Gasteiger partial charge is 0.240 e. The van der Waals surface area contributed by atoms with E-state index in [9.17, 15) is 8.42 Å². The summed E-state index contributed by atoms with van der Waals surface area (Å²) >= 11 is 0. The molecule has 1 aromatic carbocycles. The second-order valence-electron chi connectivity index (χ2n) is 5.04. The Morgan fingerprint density at radius 3 is 2.81 bits per heavy atom. The van der Waals surface area contributed by atoms with Crippen molar-refractivity contribution in [2.45, 2.75) is 37.9 Å². The van der Waals surface area contributed by atoms with E-state index in [4.69, 9.17) is 5.73 Å². The molecule has 0 aliphatic carbocycles. The molecule has 1 unspecified atom stereocenters. The maximum absolute atomic E-state index is 12.4. The molecule has 3 N–H and O–H groups in total. The Hall–Kier alpha value is -1.70. The van der Waals surface area contributed by atoms with Gasteiger partial charge in [-0.1, -0.05) is 6.07 Å². The van der Waals surface area contributed by atoms with Gasteiger partial charge in [-0.3, -0.25) is 4.68 Å². The summed E-state index contributed by atoms with van der Waals surface area (Å²) in [4.78, 5) is 0.237. The predicted octanol–water partition coefficient (Wildman–Crippen LogP) is 1.02. The van der Waals surface area contributed by atoms with Crippen LogP contribution in [0.25, 0.3) is 0 Å². The van der Waals surface area contributed by atoms with Gasteiger partial charge in [0, 0.05) is 25.0 Å². The van der Waals surface area contributed by atoms with E-state index in [-0.39, 0.29) is 10.9 Å². The molecular formula is C14H20N4O2S. The maximum atomic E-state index is 12.4. The van der Waals surface area contributed by atoms with Crippen molar-refractivity contribution in [1.82, 2.24) is 14.5 Å². The van der Waals surface area contributed by atoms with Crippen LogP contribution in [0.1, 0.15) is 18.1 Å². The number of nitrogens with one attached hydrogen (secondary N) is 1. The van der Waals surface area contributed by atoms with Gasteiger partial charge in [0.05, 0.1) is 11.4 Å². The van der Waals surface area contributed by atoms with Gasteiger partial charge in [0.25, 0.3) is 0 Å². The highest BCUT2D eigenvalue weighted by atomic mass is 32.2. The molecule has 0 bridgehead atoms. The lowest BCUT2D eigenvalue weighted by Crippen LogP contribution is -2.35. The minimum absolute atomic E-state index is 0.237. The van der Waals surface area contributed by atoms with Crippen LogP contribution >= 0.6 is 0 Å². The lowest BCUT2D eigenvalue weighted by Gasteiger charge is -2.15. The fourth-order valence-electron chi connectivity index (χ4n) is 2.09. The Morgan fingerprint density at radius 1 is 1.43 bits per heavy atom. The Kier molecular flexibility index (Phi) is 4.76. The number of nitrogens with zero attached hydrogens (tertiary/aromatic N) is 2. The highest BCUT2D eigenvalue weighted by Gasteiger charge is 2.18. The normalized spacial score (nSPS) is 13.3. The van der Waals surface area contributed by atoms with Gasteiger partial charge in [-0.2, -0.15) is 5.10 Å². The van der Waals surface area contributed by atoms with E-state index in [1.807, 2.05) is 6.92 Å². The van der Waals surface area contributed by atoms with Crippen molar-refractivity contribution in [2.75, 3.05) is 0 Å². The molecule has 0 spiro atoms. The van der Waals surface area contributed by atoms with Gasteiger partial charge in [0.2, 0.25) is 10.0 Å². The highest BCUT2D eigenvalue weighted by Crippen LogP contribution is 2.15. The molecule has 6 nitrogen and oxygen atoms in total. The van der Waals surface area contributed by atoms with Crippen LogP contribution in [-0.2, 0) is 23.1 Å². The molecular weight excluding hydrogens is 288 g/mol. The van der Waals surface area contributed by atoms with Gasteiger partial charge in [0.15, 0.2) is 0 Å². The largest absolute Gasteiger partial charge is 0.326 e. The lowest BCUT2D eigenvalue weighted by atomic mass is 10.1. The van der Waals surface area contributed by atoms with Crippen molar-refractivity contribution in [3.63, 3.8) is 0 Å². The quantitative estimate of drug-likeness (QED) is 0.833. The standard InChI is InChI=1S/C14H20N4O2S/c1-11-4-5-14(8-13(11)9-15)21(19,20)17-12(2)10-18-7-3-6-16-18/h3-8,12,17H,9-10,15H2,1-2H3. The molecule has 1 atom stereocenters. The van der Waals surface area contributed by atoms with Gasteiger partial charge in [-0.15, -0.1) is 0 Å². The summed E-state index contributed by atoms with van der Waals surface area (Å²) in [6.45, 7) is 4.50. The number of aryl methyl sites for hydroxylation is 1. The van der Waals surface area contributed by atoms with E-state index in [1.165, 1.54) is 0 Å². The second kappa shape index (κ2) is 6.38. The van der Waals surface area contributed by atoms with Gasteiger partial charge in [-0.25, -0.2) is 13.1 Å². The van der Waals surface area contributed by atoms with Crippen LogP contribution in [0, 0.1) is 6.92 Å². The van der Waals surface area contributed by atoms with Gasteiger partial charge in [0.1, 0.15) is 0 Å². The molecule has 21 heavy (non-hydrogen) atoms. The number of rotatable bonds is 6. The van der Waals surface area contributed by atoms with E-state index in [2.05, 4.69) is 9.82 Å². The van der Waals surface area contributed by atoms with Gasteiger partial charge in [-0.05, 0) is 43.2 Å². The molecule has 0 aliphatic rings. The van der Waals surface area contributed by atoms with Crippen LogP contribution in [-0.4, -0.2) is 24.2 Å². The molecule has 2 rings (SSSR count). The van der Waals surface area contributed by atoms with E-state index in [0.717, 1.165) is 11.1 Å². The molecule has 0 amide bonds. The second-order valence-corrected chi connectivity index (χ2v) is 6.76. The first-order chi connectivity index (χ1) is 9.92.